The molecule has 3 N–H and O–H groups in total. The third-order valence-corrected chi connectivity index (χ3v) is 2.96. The number of anilines is 1. The van der Waals surface area contributed by atoms with E-state index in [1.807, 2.05) is 0 Å². The van der Waals surface area contributed by atoms with Gasteiger partial charge in [-0.25, -0.2) is 4.98 Å². The number of thiocarbonyl (C=S) groups is 1. The van der Waals surface area contributed by atoms with Crippen molar-refractivity contribution in [1.29, 1.82) is 0 Å². The number of nitrogens with zero attached hydrogens (tertiary/aromatic N) is 3. The summed E-state index contributed by atoms with van der Waals surface area (Å²) in [5, 5.41) is 10.3. The number of amides is 1. The Morgan fingerprint density at radius 1 is 1.20 bits per heavy atom. The summed E-state index contributed by atoms with van der Waals surface area (Å²) in [5.74, 6) is -0.174. The Morgan fingerprint density at radius 2 is 1.90 bits per heavy atom. The molecule has 0 atom stereocenters. The van der Waals surface area contributed by atoms with E-state index in [0.29, 0.717) is 16.8 Å². The molecule has 7 heteroatoms. The molecule has 0 fully saturated rings. The van der Waals surface area contributed by atoms with Crippen LogP contribution in [0.1, 0.15) is 27.3 Å². The fourth-order valence-electron chi connectivity index (χ4n) is 1.50. The first-order valence-corrected chi connectivity index (χ1v) is 6.27. The van der Waals surface area contributed by atoms with Crippen LogP contribution >= 0.6 is 12.2 Å². The number of aryl methyl sites for hydroxylation is 2. The highest BCUT2D eigenvalue weighted by atomic mass is 32.1. The second kappa shape index (κ2) is 5.70. The normalized spacial score (nSPS) is 10.1. The Labute approximate surface area is 121 Å². The van der Waals surface area contributed by atoms with Gasteiger partial charge in [0.05, 0.1) is 11.4 Å². The molecule has 0 aliphatic heterocycles. The molecule has 0 radical (unpaired) electrons. The van der Waals surface area contributed by atoms with Crippen LogP contribution in [0.25, 0.3) is 0 Å². The first kappa shape index (κ1) is 14.0. The van der Waals surface area contributed by atoms with Gasteiger partial charge in [-0.1, -0.05) is 24.4 Å². The van der Waals surface area contributed by atoms with Gasteiger partial charge in [0.15, 0.2) is 0 Å². The van der Waals surface area contributed by atoms with Crippen LogP contribution in [0, 0.1) is 13.8 Å². The molecular weight excluding hydrogens is 274 g/mol. The van der Waals surface area contributed by atoms with Crippen molar-refractivity contribution in [1.82, 2.24) is 15.2 Å². The number of hydrogen-bond donors (Lipinski definition) is 2. The third-order valence-electron chi connectivity index (χ3n) is 2.73. The molecule has 1 aromatic heterocycles. The summed E-state index contributed by atoms with van der Waals surface area (Å²) in [4.78, 5) is 16.5. The van der Waals surface area contributed by atoms with Gasteiger partial charge in [-0.05, 0) is 26.0 Å². The van der Waals surface area contributed by atoms with E-state index in [1.165, 1.54) is 0 Å². The fraction of sp³-hybridized carbons (Fsp3) is 0.154. The molecule has 1 amide bonds. The molecule has 0 spiro atoms. The van der Waals surface area contributed by atoms with E-state index in [1.54, 1.807) is 38.1 Å². The Hall–Kier alpha value is -2.41. The van der Waals surface area contributed by atoms with Gasteiger partial charge in [0.2, 0.25) is 5.95 Å². The lowest BCUT2D eigenvalue weighted by Gasteiger charge is -2.06. The lowest BCUT2D eigenvalue weighted by atomic mass is 10.1. The van der Waals surface area contributed by atoms with Gasteiger partial charge in [-0.2, -0.15) is 5.10 Å². The van der Waals surface area contributed by atoms with E-state index in [-0.39, 0.29) is 16.8 Å². The van der Waals surface area contributed by atoms with Gasteiger partial charge in [0.1, 0.15) is 4.99 Å². The molecule has 2 aromatic rings. The Kier molecular flexibility index (Phi) is 3.99. The van der Waals surface area contributed by atoms with Crippen molar-refractivity contribution in [2.24, 2.45) is 5.73 Å². The molecule has 2 rings (SSSR count). The van der Waals surface area contributed by atoms with Crippen LogP contribution in [-0.4, -0.2) is 26.1 Å². The summed E-state index contributed by atoms with van der Waals surface area (Å²) in [6, 6.07) is 6.73. The van der Waals surface area contributed by atoms with E-state index < -0.39 is 0 Å². The molecule has 1 heterocycles. The van der Waals surface area contributed by atoms with Crippen LogP contribution in [0.3, 0.4) is 0 Å². The molecule has 20 heavy (non-hydrogen) atoms. The predicted molar refractivity (Wildman–Crippen MR) is 79.6 cm³/mol. The summed E-state index contributed by atoms with van der Waals surface area (Å²) in [6.45, 7) is 3.60. The molecule has 0 aliphatic carbocycles. The monoisotopic (exact) mass is 287 g/mol. The topological polar surface area (TPSA) is 93.8 Å². The maximum atomic E-state index is 12.1. The maximum Gasteiger partial charge on any atom is 0.258 e. The number of benzene rings is 1. The summed E-state index contributed by atoms with van der Waals surface area (Å²) in [6.07, 6.45) is 0. The average molecular weight is 287 g/mol. The highest BCUT2D eigenvalue weighted by Crippen LogP contribution is 2.08. The average Bonchev–Trinajstić information content (AvgIpc) is 2.43. The third kappa shape index (κ3) is 3.12. The zero-order valence-corrected chi connectivity index (χ0v) is 11.9. The summed E-state index contributed by atoms with van der Waals surface area (Å²) in [7, 11) is 0. The van der Waals surface area contributed by atoms with Gasteiger partial charge < -0.3 is 5.73 Å². The molecule has 1 aromatic carbocycles. The molecular formula is C13H13N5OS. The van der Waals surface area contributed by atoms with E-state index in [0.717, 1.165) is 5.69 Å². The number of rotatable bonds is 3. The van der Waals surface area contributed by atoms with E-state index in [2.05, 4.69) is 20.5 Å². The van der Waals surface area contributed by atoms with E-state index in [4.69, 9.17) is 18.0 Å². The van der Waals surface area contributed by atoms with Crippen LogP contribution in [0.4, 0.5) is 5.95 Å². The smallest absolute Gasteiger partial charge is 0.258 e. The zero-order valence-electron chi connectivity index (χ0n) is 11.0. The summed E-state index contributed by atoms with van der Waals surface area (Å²) < 4.78 is 0. The molecule has 0 bridgehead atoms. The molecule has 0 aliphatic rings. The number of nitrogens with two attached hydrogens (primary N) is 1. The lowest BCUT2D eigenvalue weighted by Crippen LogP contribution is -2.17. The van der Waals surface area contributed by atoms with Gasteiger partial charge >= 0.3 is 0 Å². The van der Waals surface area contributed by atoms with Crippen LogP contribution in [-0.2, 0) is 0 Å². The first-order chi connectivity index (χ1) is 9.47. The second-order valence-corrected chi connectivity index (χ2v) is 4.65. The molecule has 0 saturated carbocycles. The largest absolute Gasteiger partial charge is 0.389 e. The van der Waals surface area contributed by atoms with Crippen LogP contribution < -0.4 is 11.1 Å². The summed E-state index contributed by atoms with van der Waals surface area (Å²) >= 11 is 4.88. The number of nitrogens with one attached hydrogen (secondary N) is 1. The van der Waals surface area contributed by atoms with Crippen LogP contribution in [0.2, 0.25) is 0 Å². The fourth-order valence-corrected chi connectivity index (χ4v) is 1.62. The number of hydrogen-bond acceptors (Lipinski definition) is 5. The number of carbonyl (C=O) groups excluding carboxylic acids is 1. The van der Waals surface area contributed by atoms with Crippen LogP contribution in [0.5, 0.6) is 0 Å². The highest BCUT2D eigenvalue weighted by Gasteiger charge is 2.10. The SMILES string of the molecule is Cc1nnc(NC(=O)c2cccc(C(N)=S)c2)nc1C. The lowest BCUT2D eigenvalue weighted by molar-refractivity contribution is 0.102. The second-order valence-electron chi connectivity index (χ2n) is 4.21. The predicted octanol–water partition coefficient (Wildman–Crippen LogP) is 1.37. The van der Waals surface area contributed by atoms with Gasteiger partial charge in [0, 0.05) is 11.1 Å². The first-order valence-electron chi connectivity index (χ1n) is 5.86. The van der Waals surface area contributed by atoms with Gasteiger partial charge in [-0.3, -0.25) is 10.1 Å². The number of carbonyl (C=O) groups is 1. The highest BCUT2D eigenvalue weighted by molar-refractivity contribution is 7.80. The van der Waals surface area contributed by atoms with Crippen molar-refractivity contribution in [3.05, 3.63) is 46.8 Å². The molecule has 0 saturated heterocycles. The van der Waals surface area contributed by atoms with Crippen molar-refractivity contribution in [2.75, 3.05) is 5.32 Å². The molecule has 0 unspecified atom stereocenters. The Bertz CT molecular complexity index is 686. The Balaban J connectivity index is 2.21. The van der Waals surface area contributed by atoms with Crippen molar-refractivity contribution in [3.63, 3.8) is 0 Å². The maximum absolute atomic E-state index is 12.1. The van der Waals surface area contributed by atoms with Crippen molar-refractivity contribution >= 4 is 29.1 Å². The molecule has 6 nitrogen and oxygen atoms in total. The quantitative estimate of drug-likeness (QED) is 0.828. The van der Waals surface area contributed by atoms with Gasteiger partial charge in [0.25, 0.3) is 5.91 Å². The van der Waals surface area contributed by atoms with Gasteiger partial charge in [-0.15, -0.1) is 5.10 Å². The standard InChI is InChI=1S/C13H13N5OS/c1-7-8(2)17-18-13(15-7)16-12(19)10-5-3-4-9(6-10)11(14)20/h3-6H,1-2H3,(H2,14,20)(H,15,16,18,19). The van der Waals surface area contributed by atoms with Crippen LogP contribution in [0.15, 0.2) is 24.3 Å². The minimum absolute atomic E-state index is 0.166. The van der Waals surface area contributed by atoms with Crippen molar-refractivity contribution in [2.45, 2.75) is 13.8 Å². The van der Waals surface area contributed by atoms with E-state index >= 15 is 0 Å². The number of aromatic nitrogens is 3. The van der Waals surface area contributed by atoms with Crippen molar-refractivity contribution < 1.29 is 4.79 Å². The summed E-state index contributed by atoms with van der Waals surface area (Å²) in [5.41, 5.74) is 8.03. The van der Waals surface area contributed by atoms with E-state index in [9.17, 15) is 4.79 Å². The molecule has 102 valence electrons. The minimum Gasteiger partial charge on any atom is -0.389 e. The minimum atomic E-state index is -0.340. The van der Waals surface area contributed by atoms with Crippen molar-refractivity contribution in [3.8, 4) is 0 Å². The zero-order chi connectivity index (χ0) is 14.7. The Morgan fingerprint density at radius 3 is 2.55 bits per heavy atom.